The highest BCUT2D eigenvalue weighted by Crippen LogP contribution is 2.52. The molecule has 174 valence electrons. The molecule has 1 aliphatic heterocycles. The largest absolute Gasteiger partial charge is 0.113 e. The van der Waals surface area contributed by atoms with Crippen molar-refractivity contribution >= 4 is 35.1 Å². The van der Waals surface area contributed by atoms with E-state index in [0.717, 1.165) is 12.8 Å². The molecule has 1 heteroatoms. The summed E-state index contributed by atoms with van der Waals surface area (Å²) in [4.78, 5) is 1.41. The van der Waals surface area contributed by atoms with Gasteiger partial charge in [0.15, 0.2) is 0 Å². The van der Waals surface area contributed by atoms with Crippen molar-refractivity contribution < 1.29 is 0 Å². The van der Waals surface area contributed by atoms with Crippen LogP contribution in [0.4, 0.5) is 0 Å². The first kappa shape index (κ1) is 23.5. The average Bonchev–Trinajstić information content (AvgIpc) is 3.53. The van der Waals surface area contributed by atoms with Crippen LogP contribution in [0.25, 0.3) is 23.3 Å². The number of allylic oxidation sites excluding steroid dienone is 13. The van der Waals surface area contributed by atoms with E-state index in [0.29, 0.717) is 5.25 Å². The van der Waals surface area contributed by atoms with Crippen molar-refractivity contribution in [2.45, 2.75) is 43.8 Å². The average molecular weight is 473 g/mol. The molecule has 0 aromatic heterocycles. The van der Waals surface area contributed by atoms with Gasteiger partial charge in [0.1, 0.15) is 0 Å². The van der Waals surface area contributed by atoms with Gasteiger partial charge in [0.2, 0.25) is 0 Å². The third kappa shape index (κ3) is 4.42. The van der Waals surface area contributed by atoms with E-state index in [-0.39, 0.29) is 0 Å². The Morgan fingerprint density at radius 3 is 2.11 bits per heavy atom. The Kier molecular flexibility index (Phi) is 7.06. The Hall–Kier alpha value is -3.29. The van der Waals surface area contributed by atoms with E-state index in [1.54, 1.807) is 0 Å². The van der Waals surface area contributed by atoms with E-state index in [4.69, 9.17) is 0 Å². The van der Waals surface area contributed by atoms with E-state index in [2.05, 4.69) is 130 Å². The summed E-state index contributed by atoms with van der Waals surface area (Å²) in [6, 6.07) is 8.80. The molecule has 1 unspecified atom stereocenters. The minimum absolute atomic E-state index is 0.414. The van der Waals surface area contributed by atoms with Crippen molar-refractivity contribution in [2.24, 2.45) is 0 Å². The predicted molar refractivity (Wildman–Crippen MR) is 156 cm³/mol. The molecule has 2 aliphatic carbocycles. The van der Waals surface area contributed by atoms with Crippen molar-refractivity contribution in [1.29, 1.82) is 0 Å². The zero-order valence-corrected chi connectivity index (χ0v) is 21.6. The van der Waals surface area contributed by atoms with Gasteiger partial charge < -0.3 is 0 Å². The molecule has 2 aromatic carbocycles. The molecule has 0 bridgehead atoms. The Morgan fingerprint density at radius 1 is 0.771 bits per heavy atom. The molecule has 0 saturated carbocycles. The van der Waals surface area contributed by atoms with Crippen molar-refractivity contribution in [3.05, 3.63) is 136 Å². The molecule has 0 N–H and O–H groups in total. The zero-order chi connectivity index (χ0) is 24.2. The molecule has 0 amide bonds. The summed E-state index contributed by atoms with van der Waals surface area (Å²) in [6.45, 7) is 6.26. The van der Waals surface area contributed by atoms with Crippen LogP contribution in [-0.2, 0) is 12.8 Å². The highest BCUT2D eigenvalue weighted by molar-refractivity contribution is 8.01. The Morgan fingerprint density at radius 2 is 1.46 bits per heavy atom. The third-order valence-electron chi connectivity index (χ3n) is 6.79. The summed E-state index contributed by atoms with van der Waals surface area (Å²) in [7, 11) is 0. The molecule has 0 spiro atoms. The van der Waals surface area contributed by atoms with E-state index in [1.807, 2.05) is 11.8 Å². The fourth-order valence-electron chi connectivity index (χ4n) is 5.28. The van der Waals surface area contributed by atoms with Gasteiger partial charge in [0.25, 0.3) is 0 Å². The van der Waals surface area contributed by atoms with Crippen LogP contribution in [0.5, 0.6) is 0 Å². The van der Waals surface area contributed by atoms with Crippen molar-refractivity contribution in [1.82, 2.24) is 0 Å². The van der Waals surface area contributed by atoms with Crippen LogP contribution in [0.15, 0.2) is 102 Å². The minimum Gasteiger partial charge on any atom is -0.113 e. The summed E-state index contributed by atoms with van der Waals surface area (Å²) >= 11 is 1.97. The van der Waals surface area contributed by atoms with Crippen LogP contribution < -0.4 is 0 Å². The number of benzene rings is 2. The lowest BCUT2D eigenvalue weighted by Crippen LogP contribution is -2.07. The molecular formula is C34H32S. The van der Waals surface area contributed by atoms with E-state index < -0.39 is 0 Å². The van der Waals surface area contributed by atoms with Crippen LogP contribution in [0.3, 0.4) is 0 Å². The van der Waals surface area contributed by atoms with Crippen LogP contribution in [0, 0.1) is 0 Å². The van der Waals surface area contributed by atoms with Gasteiger partial charge in [-0.2, -0.15) is 0 Å². The normalized spacial score (nSPS) is 18.9. The predicted octanol–water partition coefficient (Wildman–Crippen LogP) is 9.72. The van der Waals surface area contributed by atoms with Crippen LogP contribution in [0.2, 0.25) is 0 Å². The third-order valence-corrected chi connectivity index (χ3v) is 8.06. The number of hydrogen-bond donors (Lipinski definition) is 0. The van der Waals surface area contributed by atoms with Crippen molar-refractivity contribution in [2.75, 3.05) is 0 Å². The number of thioether (sulfide) groups is 1. The maximum Gasteiger partial charge on any atom is 0.0544 e. The Labute approximate surface area is 214 Å². The summed E-state index contributed by atoms with van der Waals surface area (Å²) < 4.78 is 0. The summed E-state index contributed by atoms with van der Waals surface area (Å²) in [6.07, 6.45) is 33.4. The molecule has 0 nitrogen and oxygen atoms in total. The highest BCUT2D eigenvalue weighted by Gasteiger charge is 2.29. The first-order valence-corrected chi connectivity index (χ1v) is 13.4. The van der Waals surface area contributed by atoms with Crippen LogP contribution in [0.1, 0.15) is 65.0 Å². The lowest BCUT2D eigenvalue weighted by atomic mass is 9.82. The fourth-order valence-corrected chi connectivity index (χ4v) is 6.41. The quantitative estimate of drug-likeness (QED) is 0.361. The summed E-state index contributed by atoms with van der Waals surface area (Å²) in [5.74, 6) is 0. The molecule has 0 radical (unpaired) electrons. The molecular weight excluding hydrogens is 440 g/mol. The van der Waals surface area contributed by atoms with Crippen LogP contribution >= 0.6 is 11.8 Å². The summed E-state index contributed by atoms with van der Waals surface area (Å²) in [5.41, 5.74) is 12.6. The SMILES string of the molecule is C\C=C/C=C\C(=C/C=C\C)c1c2c(c(C(/C=C\C)=C/C3Sc4ccccc43)c3c1CC=C3)CC=C2. The Balaban J connectivity index is 1.70. The molecule has 3 aliphatic rings. The van der Waals surface area contributed by atoms with Gasteiger partial charge >= 0.3 is 0 Å². The van der Waals surface area contributed by atoms with E-state index in [9.17, 15) is 0 Å². The molecule has 1 heterocycles. The Bertz CT molecular complexity index is 1380. The second-order valence-electron chi connectivity index (χ2n) is 8.98. The smallest absolute Gasteiger partial charge is 0.0544 e. The summed E-state index contributed by atoms with van der Waals surface area (Å²) in [5, 5.41) is 0.414. The van der Waals surface area contributed by atoms with Crippen LogP contribution in [-0.4, -0.2) is 0 Å². The molecule has 0 fully saturated rings. The fraction of sp³-hybridized carbons (Fsp3) is 0.176. The number of rotatable bonds is 7. The van der Waals surface area contributed by atoms with Gasteiger partial charge in [-0.25, -0.2) is 0 Å². The first-order chi connectivity index (χ1) is 17.3. The lowest BCUT2D eigenvalue weighted by molar-refractivity contribution is 1.08. The van der Waals surface area contributed by atoms with Gasteiger partial charge in [-0.15, -0.1) is 11.8 Å². The molecule has 35 heavy (non-hydrogen) atoms. The standard InChI is InChI=1S/C34H32S/c1-4-7-9-16-24(15-8-5-2)33-26-18-12-20-28(26)34(29-21-13-19-27(29)33)25(14-6-3)23-32-30-17-10-11-22-31(30)35-32/h4-18,21-23,32H,19-20H2,1-3H3/b7-4-,8-5-,14-6-,16-9-,24-15+,25-23+. The van der Waals surface area contributed by atoms with Gasteiger partial charge in [-0.1, -0.05) is 103 Å². The monoisotopic (exact) mass is 472 g/mol. The maximum atomic E-state index is 2.48. The molecule has 0 saturated heterocycles. The molecule has 2 aromatic rings. The van der Waals surface area contributed by atoms with Gasteiger partial charge in [-0.05, 0) is 89.8 Å². The van der Waals surface area contributed by atoms with Gasteiger partial charge in [0.05, 0.1) is 5.25 Å². The lowest BCUT2D eigenvalue weighted by Gasteiger charge is -2.28. The molecule has 5 rings (SSSR count). The van der Waals surface area contributed by atoms with Crippen molar-refractivity contribution in [3.8, 4) is 0 Å². The second kappa shape index (κ2) is 10.5. The van der Waals surface area contributed by atoms with E-state index >= 15 is 0 Å². The topological polar surface area (TPSA) is 0 Å². The minimum atomic E-state index is 0.414. The van der Waals surface area contributed by atoms with Gasteiger partial charge in [0, 0.05) is 4.90 Å². The van der Waals surface area contributed by atoms with Gasteiger partial charge in [-0.3, -0.25) is 0 Å². The highest BCUT2D eigenvalue weighted by atomic mass is 32.2. The zero-order valence-electron chi connectivity index (χ0n) is 20.8. The number of hydrogen-bond acceptors (Lipinski definition) is 1. The second-order valence-corrected chi connectivity index (χ2v) is 10.2. The maximum absolute atomic E-state index is 2.48. The number of fused-ring (bicyclic) bond motifs is 3. The van der Waals surface area contributed by atoms with E-state index in [1.165, 1.54) is 55.0 Å². The van der Waals surface area contributed by atoms with Crippen molar-refractivity contribution in [3.63, 3.8) is 0 Å². The molecule has 1 atom stereocenters. The first-order valence-electron chi connectivity index (χ1n) is 12.5.